The van der Waals surface area contributed by atoms with Crippen LogP contribution in [-0.4, -0.2) is 17.6 Å². The molecule has 1 heterocycles. The van der Waals surface area contributed by atoms with E-state index in [2.05, 4.69) is 0 Å². The summed E-state index contributed by atoms with van der Waals surface area (Å²) in [7, 11) is 0. The van der Waals surface area contributed by atoms with Gasteiger partial charge in [0, 0.05) is 10.6 Å². The molecule has 140 valence electrons. The number of hydrogen-bond donors (Lipinski definition) is 0. The van der Waals surface area contributed by atoms with Crippen molar-refractivity contribution in [1.29, 1.82) is 0 Å². The van der Waals surface area contributed by atoms with E-state index in [0.29, 0.717) is 21.8 Å². The second-order valence-corrected chi connectivity index (χ2v) is 7.86. The molecule has 2 amide bonds. The highest BCUT2D eigenvalue weighted by atomic mass is 35.5. The summed E-state index contributed by atoms with van der Waals surface area (Å²) in [6.07, 6.45) is 0.752. The summed E-state index contributed by atoms with van der Waals surface area (Å²) in [6, 6.07) is 8.91. The molecule has 27 heavy (non-hydrogen) atoms. The zero-order chi connectivity index (χ0) is 19.9. The average molecular weight is 408 g/mol. The molecule has 0 bridgehead atoms. The van der Waals surface area contributed by atoms with Crippen LogP contribution in [0.1, 0.15) is 31.9 Å². The molecule has 0 unspecified atom stereocenters. The van der Waals surface area contributed by atoms with E-state index >= 15 is 0 Å². The third-order valence-corrected chi connectivity index (χ3v) is 4.28. The van der Waals surface area contributed by atoms with E-state index in [1.54, 1.807) is 39.0 Å². The van der Waals surface area contributed by atoms with Crippen LogP contribution >= 0.6 is 23.2 Å². The highest BCUT2D eigenvalue weighted by Gasteiger charge is 2.39. The minimum Gasteiger partial charge on any atom is -0.443 e. The van der Waals surface area contributed by atoms with Crippen LogP contribution in [0.25, 0.3) is 11.6 Å². The molecule has 0 saturated carbocycles. The second-order valence-electron chi connectivity index (χ2n) is 7.01. The Morgan fingerprint density at radius 3 is 2.48 bits per heavy atom. The first kappa shape index (κ1) is 19.4. The molecule has 2 aromatic rings. The fraction of sp³-hybridized carbons (Fsp3) is 0.200. The predicted molar refractivity (Wildman–Crippen MR) is 104 cm³/mol. The Morgan fingerprint density at radius 1 is 1.15 bits per heavy atom. The fourth-order valence-corrected chi connectivity index (χ4v) is 3.02. The lowest BCUT2D eigenvalue weighted by Crippen LogP contribution is -2.38. The lowest BCUT2D eigenvalue weighted by Gasteiger charge is -2.23. The van der Waals surface area contributed by atoms with Crippen molar-refractivity contribution in [1.82, 2.24) is 0 Å². The maximum absolute atomic E-state index is 13.4. The lowest BCUT2D eigenvalue weighted by molar-refractivity contribution is -0.112. The number of halogens is 3. The Morgan fingerprint density at radius 2 is 1.85 bits per heavy atom. The number of nitrogens with zero attached hydrogens (tertiary/aromatic N) is 1. The molecule has 0 fully saturated rings. The lowest BCUT2D eigenvalue weighted by atomic mass is 10.0. The van der Waals surface area contributed by atoms with Crippen LogP contribution in [0, 0.1) is 5.82 Å². The summed E-state index contributed by atoms with van der Waals surface area (Å²) in [5.41, 5.74) is 0.872. The monoisotopic (exact) mass is 407 g/mol. The van der Waals surface area contributed by atoms with Gasteiger partial charge in [-0.05, 0) is 56.7 Å². The van der Waals surface area contributed by atoms with Crippen LogP contribution < -0.4 is 4.90 Å². The van der Waals surface area contributed by atoms with E-state index in [-0.39, 0.29) is 10.6 Å². The number of ether oxygens (including phenoxy) is 1. The van der Waals surface area contributed by atoms with Gasteiger partial charge in [-0.15, -0.1) is 0 Å². The summed E-state index contributed by atoms with van der Waals surface area (Å²) in [5, 5.41) is 0.316. The smallest absolute Gasteiger partial charge is 0.422 e. The van der Waals surface area contributed by atoms with E-state index in [1.807, 2.05) is 0 Å². The molecule has 0 spiro atoms. The minimum atomic E-state index is -0.795. The minimum absolute atomic E-state index is 0.0601. The number of imide groups is 1. The maximum atomic E-state index is 13.4. The van der Waals surface area contributed by atoms with Crippen molar-refractivity contribution in [2.24, 2.45) is 0 Å². The number of rotatable bonds is 1. The number of amides is 2. The van der Waals surface area contributed by atoms with Gasteiger partial charge in [0.15, 0.2) is 0 Å². The first-order valence-electron chi connectivity index (χ1n) is 8.11. The highest BCUT2D eigenvalue weighted by Crippen LogP contribution is 2.40. The standard InChI is InChI=1S/C20H16Cl2FNO3/c1-20(2,3)27-19(26)24-17-10-12(21)5-6-13(17)14(18(24)25)8-11-4-7-16(23)15(22)9-11/h4-10H,1-3H3. The normalized spacial score (nSPS) is 15.3. The van der Waals surface area contributed by atoms with Crippen molar-refractivity contribution in [3.8, 4) is 0 Å². The summed E-state index contributed by atoms with van der Waals surface area (Å²) in [6.45, 7) is 5.13. The molecular formula is C20H16Cl2FNO3. The predicted octanol–water partition coefficient (Wildman–Crippen LogP) is 5.95. The van der Waals surface area contributed by atoms with Gasteiger partial charge in [0.25, 0.3) is 5.91 Å². The second kappa shape index (κ2) is 6.98. The van der Waals surface area contributed by atoms with Gasteiger partial charge < -0.3 is 4.74 Å². The summed E-state index contributed by atoms with van der Waals surface area (Å²) >= 11 is 11.9. The number of fused-ring (bicyclic) bond motifs is 1. The number of anilines is 1. The largest absolute Gasteiger partial charge is 0.443 e. The van der Waals surface area contributed by atoms with Gasteiger partial charge >= 0.3 is 6.09 Å². The van der Waals surface area contributed by atoms with Crippen molar-refractivity contribution in [2.75, 3.05) is 4.90 Å². The Hall–Kier alpha value is -2.37. The Labute approximate surface area is 166 Å². The molecule has 4 nitrogen and oxygen atoms in total. The van der Waals surface area contributed by atoms with Crippen LogP contribution in [-0.2, 0) is 9.53 Å². The van der Waals surface area contributed by atoms with Crippen molar-refractivity contribution in [3.05, 3.63) is 63.4 Å². The van der Waals surface area contributed by atoms with Gasteiger partial charge in [-0.3, -0.25) is 4.79 Å². The van der Waals surface area contributed by atoms with E-state index in [1.165, 1.54) is 24.3 Å². The van der Waals surface area contributed by atoms with E-state index in [4.69, 9.17) is 27.9 Å². The SMILES string of the molecule is CC(C)(C)OC(=O)N1C(=O)C(=Cc2ccc(F)c(Cl)c2)c2ccc(Cl)cc21. The summed E-state index contributed by atoms with van der Waals surface area (Å²) < 4.78 is 18.7. The third kappa shape index (κ3) is 3.99. The van der Waals surface area contributed by atoms with E-state index < -0.39 is 23.4 Å². The van der Waals surface area contributed by atoms with Crippen LogP contribution in [0.4, 0.5) is 14.9 Å². The van der Waals surface area contributed by atoms with Gasteiger partial charge in [-0.1, -0.05) is 35.3 Å². The molecule has 0 aromatic heterocycles. The summed E-state index contributed by atoms with van der Waals surface area (Å²) in [4.78, 5) is 26.5. The molecule has 0 N–H and O–H groups in total. The van der Waals surface area contributed by atoms with Crippen molar-refractivity contribution in [2.45, 2.75) is 26.4 Å². The van der Waals surface area contributed by atoms with Crippen LogP contribution in [0.15, 0.2) is 36.4 Å². The molecule has 1 aliphatic heterocycles. The van der Waals surface area contributed by atoms with Crippen LogP contribution in [0.2, 0.25) is 10.0 Å². The molecular weight excluding hydrogens is 392 g/mol. The molecule has 3 rings (SSSR count). The molecule has 0 saturated heterocycles. The Balaban J connectivity index is 2.09. The number of benzene rings is 2. The highest BCUT2D eigenvalue weighted by molar-refractivity contribution is 6.42. The molecule has 0 aliphatic carbocycles. The number of carbonyl (C=O) groups excluding carboxylic acids is 2. The van der Waals surface area contributed by atoms with Gasteiger partial charge in [0.1, 0.15) is 11.4 Å². The first-order chi connectivity index (χ1) is 12.6. The van der Waals surface area contributed by atoms with Crippen LogP contribution in [0.3, 0.4) is 0 Å². The first-order valence-corrected chi connectivity index (χ1v) is 8.86. The zero-order valence-electron chi connectivity index (χ0n) is 14.8. The number of carbonyl (C=O) groups is 2. The van der Waals surface area contributed by atoms with Gasteiger partial charge in [0.2, 0.25) is 0 Å². The van der Waals surface area contributed by atoms with Crippen molar-refractivity contribution >= 4 is 52.5 Å². The van der Waals surface area contributed by atoms with Gasteiger partial charge in [-0.2, -0.15) is 0 Å². The van der Waals surface area contributed by atoms with E-state index in [0.717, 1.165) is 4.90 Å². The quantitative estimate of drug-likeness (QED) is 0.548. The zero-order valence-corrected chi connectivity index (χ0v) is 16.4. The van der Waals surface area contributed by atoms with Crippen LogP contribution in [0.5, 0.6) is 0 Å². The molecule has 0 atom stereocenters. The fourth-order valence-electron chi connectivity index (χ4n) is 2.66. The maximum Gasteiger partial charge on any atom is 0.422 e. The molecule has 7 heteroatoms. The van der Waals surface area contributed by atoms with Gasteiger partial charge in [-0.25, -0.2) is 14.1 Å². The van der Waals surface area contributed by atoms with Gasteiger partial charge in [0.05, 0.1) is 16.3 Å². The molecule has 2 aromatic carbocycles. The van der Waals surface area contributed by atoms with E-state index in [9.17, 15) is 14.0 Å². The Kier molecular flexibility index (Phi) is 5.02. The Bertz CT molecular complexity index is 980. The van der Waals surface area contributed by atoms with Crippen molar-refractivity contribution < 1.29 is 18.7 Å². The molecule has 0 radical (unpaired) electrons. The number of hydrogen-bond acceptors (Lipinski definition) is 3. The average Bonchev–Trinajstić information content (AvgIpc) is 2.81. The topological polar surface area (TPSA) is 46.6 Å². The summed E-state index contributed by atoms with van der Waals surface area (Å²) in [5.74, 6) is -1.11. The molecule has 1 aliphatic rings. The third-order valence-electron chi connectivity index (χ3n) is 3.76. The van der Waals surface area contributed by atoms with Crippen molar-refractivity contribution in [3.63, 3.8) is 0 Å².